The topological polar surface area (TPSA) is 58.6 Å². The molecule has 1 aromatic carbocycles. The van der Waals surface area contributed by atoms with Crippen LogP contribution in [0.25, 0.3) is 6.08 Å². The summed E-state index contributed by atoms with van der Waals surface area (Å²) < 4.78 is 5.87. The van der Waals surface area contributed by atoms with Gasteiger partial charge in [-0.2, -0.15) is 0 Å². The average Bonchev–Trinajstić information content (AvgIpc) is 2.26. The van der Waals surface area contributed by atoms with Crippen molar-refractivity contribution in [3.8, 4) is 5.75 Å². The molecule has 0 spiro atoms. The molecule has 2 N–H and O–H groups in total. The Morgan fingerprint density at radius 1 is 1.50 bits per heavy atom. The van der Waals surface area contributed by atoms with Crippen LogP contribution in [0.1, 0.15) is 19.4 Å². The molecule has 0 saturated heterocycles. The fourth-order valence-corrected chi connectivity index (χ4v) is 1.92. The van der Waals surface area contributed by atoms with Gasteiger partial charge in [0.05, 0.1) is 0 Å². The monoisotopic (exact) mass is 245 g/mol. The quantitative estimate of drug-likeness (QED) is 0.838. The maximum absolute atomic E-state index is 10.6. The van der Waals surface area contributed by atoms with Gasteiger partial charge in [-0.15, -0.1) is 0 Å². The zero-order valence-corrected chi connectivity index (χ0v) is 10.4. The van der Waals surface area contributed by atoms with E-state index in [0.29, 0.717) is 11.4 Å². The fraction of sp³-hybridized carbons (Fsp3) is 0.214. The van der Waals surface area contributed by atoms with Crippen LogP contribution in [0.4, 0.5) is 10.5 Å². The molecule has 0 atom stereocenters. The third kappa shape index (κ3) is 2.22. The summed E-state index contributed by atoms with van der Waals surface area (Å²) in [6, 6.07) is 5.20. The van der Waals surface area contributed by atoms with E-state index in [1.807, 2.05) is 26.0 Å². The van der Waals surface area contributed by atoms with Crippen molar-refractivity contribution in [1.29, 1.82) is 0 Å². The lowest BCUT2D eigenvalue weighted by Gasteiger charge is -2.32. The third-order valence-corrected chi connectivity index (χ3v) is 2.86. The van der Waals surface area contributed by atoms with E-state index in [2.05, 4.69) is 11.9 Å². The minimum Gasteiger partial charge on any atom is -0.482 e. The number of rotatable bonds is 2. The standard InChI is InChI=1S/C14H15NO3/c1-4-10-7-9-5-6-11(15-13(16)17)8-12(9)18-14(10,2)3/h4-8,15H,1H2,2-3H3,(H,16,17). The van der Waals surface area contributed by atoms with Crippen molar-refractivity contribution >= 4 is 17.9 Å². The average molecular weight is 245 g/mol. The number of nitrogens with one attached hydrogen (secondary N) is 1. The van der Waals surface area contributed by atoms with Crippen LogP contribution >= 0.6 is 0 Å². The molecule has 0 aromatic heterocycles. The summed E-state index contributed by atoms with van der Waals surface area (Å²) in [5.74, 6) is 0.664. The van der Waals surface area contributed by atoms with Crippen molar-refractivity contribution in [1.82, 2.24) is 0 Å². The minimum atomic E-state index is -1.09. The van der Waals surface area contributed by atoms with Crippen LogP contribution in [0.2, 0.25) is 0 Å². The van der Waals surface area contributed by atoms with E-state index in [0.717, 1.165) is 11.1 Å². The van der Waals surface area contributed by atoms with E-state index in [-0.39, 0.29) is 0 Å². The number of anilines is 1. The van der Waals surface area contributed by atoms with Crippen LogP contribution in [0.5, 0.6) is 5.75 Å². The molecule has 18 heavy (non-hydrogen) atoms. The van der Waals surface area contributed by atoms with Crippen molar-refractivity contribution in [2.24, 2.45) is 0 Å². The van der Waals surface area contributed by atoms with Crippen molar-refractivity contribution in [2.75, 3.05) is 5.32 Å². The van der Waals surface area contributed by atoms with Crippen LogP contribution < -0.4 is 10.1 Å². The predicted molar refractivity (Wildman–Crippen MR) is 71.0 cm³/mol. The number of hydrogen-bond acceptors (Lipinski definition) is 2. The van der Waals surface area contributed by atoms with Gasteiger partial charge in [-0.1, -0.05) is 12.7 Å². The summed E-state index contributed by atoms with van der Waals surface area (Å²) in [7, 11) is 0. The first-order valence-corrected chi connectivity index (χ1v) is 5.60. The molecule has 4 nitrogen and oxygen atoms in total. The molecule has 0 saturated carbocycles. The van der Waals surface area contributed by atoms with Crippen LogP contribution in [0.15, 0.2) is 36.4 Å². The van der Waals surface area contributed by atoms with Gasteiger partial charge in [0, 0.05) is 17.3 Å². The lowest BCUT2D eigenvalue weighted by Crippen LogP contribution is -2.32. The van der Waals surface area contributed by atoms with Crippen molar-refractivity contribution in [3.63, 3.8) is 0 Å². The zero-order valence-electron chi connectivity index (χ0n) is 10.4. The molecule has 1 heterocycles. The highest BCUT2D eigenvalue weighted by Crippen LogP contribution is 2.37. The Kier molecular flexibility index (Phi) is 2.87. The number of benzene rings is 1. The van der Waals surface area contributed by atoms with Crippen LogP contribution in [-0.2, 0) is 0 Å². The highest BCUT2D eigenvalue weighted by atomic mass is 16.5. The van der Waals surface area contributed by atoms with Crippen LogP contribution in [0, 0.1) is 0 Å². The molecule has 1 aromatic rings. The van der Waals surface area contributed by atoms with E-state index in [4.69, 9.17) is 9.84 Å². The Morgan fingerprint density at radius 3 is 2.83 bits per heavy atom. The molecular weight excluding hydrogens is 230 g/mol. The maximum atomic E-state index is 10.6. The summed E-state index contributed by atoms with van der Waals surface area (Å²) in [6.45, 7) is 7.66. The van der Waals surface area contributed by atoms with Gasteiger partial charge in [0.2, 0.25) is 0 Å². The lowest BCUT2D eigenvalue weighted by atomic mass is 9.92. The largest absolute Gasteiger partial charge is 0.482 e. The number of carbonyl (C=O) groups is 1. The Labute approximate surface area is 106 Å². The van der Waals surface area contributed by atoms with Gasteiger partial charge in [-0.25, -0.2) is 4.79 Å². The van der Waals surface area contributed by atoms with Gasteiger partial charge >= 0.3 is 6.09 Å². The zero-order chi connectivity index (χ0) is 13.3. The molecule has 0 bridgehead atoms. The molecule has 1 aliphatic rings. The molecule has 4 heteroatoms. The van der Waals surface area contributed by atoms with Crippen molar-refractivity contribution in [3.05, 3.63) is 42.0 Å². The van der Waals surface area contributed by atoms with Gasteiger partial charge < -0.3 is 9.84 Å². The van der Waals surface area contributed by atoms with Gasteiger partial charge in [0.1, 0.15) is 11.4 Å². The number of ether oxygens (including phenoxy) is 1. The summed E-state index contributed by atoms with van der Waals surface area (Å²) in [5, 5.41) is 11.0. The van der Waals surface area contributed by atoms with Crippen molar-refractivity contribution < 1.29 is 14.6 Å². The summed E-state index contributed by atoms with van der Waals surface area (Å²) in [5.41, 5.74) is 1.94. The summed E-state index contributed by atoms with van der Waals surface area (Å²) in [6.07, 6.45) is 2.68. The summed E-state index contributed by atoms with van der Waals surface area (Å²) in [4.78, 5) is 10.6. The number of hydrogen-bond donors (Lipinski definition) is 2. The fourth-order valence-electron chi connectivity index (χ4n) is 1.92. The third-order valence-electron chi connectivity index (χ3n) is 2.86. The van der Waals surface area contributed by atoms with E-state index in [1.165, 1.54) is 0 Å². The van der Waals surface area contributed by atoms with Gasteiger partial charge in [0.25, 0.3) is 0 Å². The second-order valence-corrected chi connectivity index (χ2v) is 4.60. The minimum absolute atomic E-state index is 0.462. The second kappa shape index (κ2) is 4.22. The Balaban J connectivity index is 2.42. The first-order chi connectivity index (χ1) is 8.42. The molecule has 1 aliphatic heterocycles. The first-order valence-electron chi connectivity index (χ1n) is 5.60. The molecule has 0 unspecified atom stereocenters. The molecule has 1 amide bonds. The lowest BCUT2D eigenvalue weighted by molar-refractivity contribution is 0.149. The highest BCUT2D eigenvalue weighted by Gasteiger charge is 2.28. The van der Waals surface area contributed by atoms with Crippen LogP contribution in [0.3, 0.4) is 0 Å². The predicted octanol–water partition coefficient (Wildman–Crippen LogP) is 3.52. The van der Waals surface area contributed by atoms with Gasteiger partial charge in [0.15, 0.2) is 0 Å². The van der Waals surface area contributed by atoms with E-state index >= 15 is 0 Å². The van der Waals surface area contributed by atoms with Crippen LogP contribution in [-0.4, -0.2) is 16.8 Å². The Morgan fingerprint density at radius 2 is 2.22 bits per heavy atom. The van der Waals surface area contributed by atoms with Gasteiger partial charge in [-0.05, 0) is 37.6 Å². The first kappa shape index (κ1) is 12.2. The SMILES string of the molecule is C=CC1=Cc2ccc(NC(=O)O)cc2OC1(C)C. The molecule has 0 radical (unpaired) electrons. The smallest absolute Gasteiger partial charge is 0.409 e. The van der Waals surface area contributed by atoms with Crippen molar-refractivity contribution in [2.45, 2.75) is 19.4 Å². The molecule has 2 rings (SSSR count). The molecular formula is C14H15NO3. The Hall–Kier alpha value is -2.23. The Bertz CT molecular complexity index is 544. The van der Waals surface area contributed by atoms with Gasteiger partial charge in [-0.3, -0.25) is 5.32 Å². The highest BCUT2D eigenvalue weighted by molar-refractivity contribution is 5.84. The number of amides is 1. The van der Waals surface area contributed by atoms with E-state index in [9.17, 15) is 4.79 Å². The van der Waals surface area contributed by atoms with E-state index in [1.54, 1.807) is 18.2 Å². The molecule has 0 fully saturated rings. The molecule has 94 valence electrons. The summed E-state index contributed by atoms with van der Waals surface area (Å²) >= 11 is 0. The molecule has 0 aliphatic carbocycles. The maximum Gasteiger partial charge on any atom is 0.409 e. The van der Waals surface area contributed by atoms with E-state index < -0.39 is 11.7 Å². The normalized spacial score (nSPS) is 16.0. The number of carboxylic acid groups (broad SMARTS) is 1. The second-order valence-electron chi connectivity index (χ2n) is 4.60. The number of fused-ring (bicyclic) bond motifs is 1.